The van der Waals surface area contributed by atoms with Gasteiger partial charge in [0.05, 0.1) is 12.9 Å². The maximum Gasteiger partial charge on any atom is 0.324 e. The van der Waals surface area contributed by atoms with E-state index >= 15 is 0 Å². The lowest BCUT2D eigenvalue weighted by Crippen LogP contribution is -2.43. The lowest BCUT2D eigenvalue weighted by Gasteiger charge is -2.17. The molecule has 1 unspecified atom stereocenters. The molecule has 0 fully saturated rings. The van der Waals surface area contributed by atoms with Gasteiger partial charge in [0.1, 0.15) is 11.9 Å². The highest BCUT2D eigenvalue weighted by Crippen LogP contribution is 2.17. The number of amidine groups is 1. The minimum absolute atomic E-state index is 0.0488. The topological polar surface area (TPSA) is 126 Å². The standard InChI is InChI=1S/C27H36N4O5S/c1-3-4-17-37(34,35)31-24(27(33)36-2)18-20-12-14-22(15-13-20)30-26(32)21-9-8-10-23(19-21)29-25-11-6-5-7-16-28-25/h8-10,12-15,19,24,31H,3-7,11,16-18H2,1-2H3,(H,28,29)(H,30,32). The molecule has 1 atom stereocenters. The number of aliphatic imine (C=N–C) groups is 1. The molecular formula is C27H36N4O5S. The van der Waals surface area contributed by atoms with E-state index in [-0.39, 0.29) is 18.1 Å². The number of ether oxygens (including phenoxy) is 1. The zero-order valence-corrected chi connectivity index (χ0v) is 22.3. The van der Waals surface area contributed by atoms with Gasteiger partial charge in [0.25, 0.3) is 5.91 Å². The molecule has 0 saturated heterocycles. The number of esters is 1. The summed E-state index contributed by atoms with van der Waals surface area (Å²) >= 11 is 0. The van der Waals surface area contributed by atoms with Gasteiger partial charge in [-0.15, -0.1) is 0 Å². The van der Waals surface area contributed by atoms with Crippen LogP contribution in [-0.4, -0.2) is 51.6 Å². The summed E-state index contributed by atoms with van der Waals surface area (Å²) in [5.41, 5.74) is 2.63. The van der Waals surface area contributed by atoms with E-state index in [9.17, 15) is 18.0 Å². The predicted molar refractivity (Wildman–Crippen MR) is 147 cm³/mol. The minimum Gasteiger partial charge on any atom is -0.468 e. The molecule has 1 heterocycles. The van der Waals surface area contributed by atoms with Gasteiger partial charge >= 0.3 is 5.97 Å². The zero-order chi connectivity index (χ0) is 26.7. The molecule has 37 heavy (non-hydrogen) atoms. The highest BCUT2D eigenvalue weighted by molar-refractivity contribution is 7.89. The number of nitrogens with zero attached hydrogens (tertiary/aromatic N) is 1. The second-order valence-electron chi connectivity index (χ2n) is 9.07. The van der Waals surface area contributed by atoms with Gasteiger partial charge in [-0.2, -0.15) is 0 Å². The van der Waals surface area contributed by atoms with Crippen LogP contribution in [0.25, 0.3) is 0 Å². The van der Waals surface area contributed by atoms with Crippen molar-refractivity contribution in [3.05, 3.63) is 59.7 Å². The highest BCUT2D eigenvalue weighted by atomic mass is 32.2. The first-order chi connectivity index (χ1) is 17.8. The SMILES string of the molecule is CCCCS(=O)(=O)NC(Cc1ccc(NC(=O)c2cccc(NC3=NCCCCC3)c2)cc1)C(=O)OC. The average molecular weight is 529 g/mol. The van der Waals surface area contributed by atoms with Crippen LogP contribution in [0.5, 0.6) is 0 Å². The Bertz CT molecular complexity index is 1200. The van der Waals surface area contributed by atoms with Crippen LogP contribution < -0.4 is 15.4 Å². The number of hydrogen-bond donors (Lipinski definition) is 3. The summed E-state index contributed by atoms with van der Waals surface area (Å²) in [5, 5.41) is 6.21. The first-order valence-electron chi connectivity index (χ1n) is 12.7. The van der Waals surface area contributed by atoms with E-state index in [1.165, 1.54) is 13.5 Å². The van der Waals surface area contributed by atoms with Crippen molar-refractivity contribution < 1.29 is 22.7 Å². The molecule has 1 aliphatic rings. The molecule has 0 radical (unpaired) electrons. The van der Waals surface area contributed by atoms with Crippen LogP contribution in [-0.2, 0) is 26.0 Å². The van der Waals surface area contributed by atoms with Gasteiger partial charge in [0, 0.05) is 29.9 Å². The van der Waals surface area contributed by atoms with Gasteiger partial charge in [-0.25, -0.2) is 13.1 Å². The van der Waals surface area contributed by atoms with Crippen LogP contribution in [0.2, 0.25) is 0 Å². The van der Waals surface area contributed by atoms with Gasteiger partial charge in [0.15, 0.2) is 0 Å². The van der Waals surface area contributed by atoms with Crippen molar-refractivity contribution in [1.29, 1.82) is 0 Å². The van der Waals surface area contributed by atoms with Crippen molar-refractivity contribution in [1.82, 2.24) is 4.72 Å². The van der Waals surface area contributed by atoms with Crippen molar-refractivity contribution in [3.63, 3.8) is 0 Å². The maximum atomic E-state index is 12.8. The van der Waals surface area contributed by atoms with E-state index in [0.717, 1.165) is 49.3 Å². The fraction of sp³-hybridized carbons (Fsp3) is 0.444. The van der Waals surface area contributed by atoms with Crippen molar-refractivity contribution in [2.24, 2.45) is 4.99 Å². The first kappa shape index (κ1) is 28.3. The average Bonchev–Trinajstić information content (AvgIpc) is 3.16. The van der Waals surface area contributed by atoms with Gasteiger partial charge in [0.2, 0.25) is 10.0 Å². The molecule has 10 heteroatoms. The summed E-state index contributed by atoms with van der Waals surface area (Å²) < 4.78 is 31.8. The molecule has 0 spiro atoms. The van der Waals surface area contributed by atoms with Crippen LogP contribution in [0.15, 0.2) is 53.5 Å². The molecule has 1 aliphatic heterocycles. The predicted octanol–water partition coefficient (Wildman–Crippen LogP) is 4.13. The van der Waals surface area contributed by atoms with Crippen LogP contribution in [0.1, 0.15) is 61.4 Å². The molecular weight excluding hydrogens is 492 g/mol. The van der Waals surface area contributed by atoms with Crippen LogP contribution >= 0.6 is 0 Å². The molecule has 0 aliphatic carbocycles. The summed E-state index contributed by atoms with van der Waals surface area (Å²) in [5.74, 6) is -0.00748. The molecule has 0 bridgehead atoms. The van der Waals surface area contributed by atoms with Crippen LogP contribution in [0, 0.1) is 0 Å². The summed E-state index contributed by atoms with van der Waals surface area (Å²) in [4.78, 5) is 29.6. The third-order valence-electron chi connectivity index (χ3n) is 6.01. The van der Waals surface area contributed by atoms with Gasteiger partial charge in [-0.05, 0) is 61.6 Å². The number of anilines is 2. The quantitative estimate of drug-likeness (QED) is 0.377. The fourth-order valence-corrected chi connectivity index (χ4v) is 5.37. The Morgan fingerprint density at radius 2 is 1.84 bits per heavy atom. The Balaban J connectivity index is 1.62. The van der Waals surface area contributed by atoms with Crippen LogP contribution in [0.4, 0.5) is 11.4 Å². The van der Waals surface area contributed by atoms with Crippen molar-refractivity contribution >= 4 is 39.1 Å². The number of methoxy groups -OCH3 is 1. The Labute approximate surface area is 219 Å². The monoisotopic (exact) mass is 528 g/mol. The molecule has 1 amide bonds. The second-order valence-corrected chi connectivity index (χ2v) is 10.9. The number of hydrogen-bond acceptors (Lipinski definition) is 7. The number of amides is 1. The molecule has 3 N–H and O–H groups in total. The van der Waals surface area contributed by atoms with E-state index in [1.807, 2.05) is 19.1 Å². The summed E-state index contributed by atoms with van der Waals surface area (Å²) in [6.45, 7) is 2.72. The number of unbranched alkanes of at least 4 members (excludes halogenated alkanes) is 1. The molecule has 2 aromatic carbocycles. The van der Waals surface area contributed by atoms with Gasteiger partial charge in [-0.1, -0.05) is 38.0 Å². The Morgan fingerprint density at radius 3 is 2.57 bits per heavy atom. The minimum atomic E-state index is -3.61. The third-order valence-corrected chi connectivity index (χ3v) is 7.48. The number of sulfonamides is 1. The molecule has 0 aromatic heterocycles. The number of carbonyl (C=O) groups excluding carboxylic acids is 2. The number of carbonyl (C=O) groups is 2. The lowest BCUT2D eigenvalue weighted by molar-refractivity contribution is -0.142. The van der Waals surface area contributed by atoms with Crippen molar-refractivity contribution in [3.8, 4) is 0 Å². The number of benzene rings is 2. The zero-order valence-electron chi connectivity index (χ0n) is 21.5. The van der Waals surface area contributed by atoms with Gasteiger partial charge in [-0.3, -0.25) is 14.6 Å². The first-order valence-corrected chi connectivity index (χ1v) is 14.3. The summed E-state index contributed by atoms with van der Waals surface area (Å²) in [6, 6.07) is 13.2. The van der Waals surface area contributed by atoms with E-state index < -0.39 is 22.0 Å². The molecule has 9 nitrogen and oxygen atoms in total. The fourth-order valence-electron chi connectivity index (χ4n) is 3.97. The highest BCUT2D eigenvalue weighted by Gasteiger charge is 2.25. The van der Waals surface area contributed by atoms with Gasteiger partial charge < -0.3 is 15.4 Å². The van der Waals surface area contributed by atoms with Crippen molar-refractivity contribution in [2.45, 2.75) is 57.9 Å². The maximum absolute atomic E-state index is 12.8. The molecule has 2 aromatic rings. The normalized spacial score (nSPS) is 14.7. The smallest absolute Gasteiger partial charge is 0.324 e. The van der Waals surface area contributed by atoms with Crippen molar-refractivity contribution in [2.75, 3.05) is 30.0 Å². The Hall–Kier alpha value is -3.24. The summed E-state index contributed by atoms with van der Waals surface area (Å²) in [7, 11) is -2.38. The number of nitrogens with one attached hydrogen (secondary N) is 3. The Morgan fingerprint density at radius 1 is 1.05 bits per heavy atom. The second kappa shape index (κ2) is 13.9. The third kappa shape index (κ3) is 9.29. The molecule has 200 valence electrons. The van der Waals surface area contributed by atoms with E-state index in [2.05, 4.69) is 20.3 Å². The van der Waals surface area contributed by atoms with E-state index in [1.54, 1.807) is 36.4 Å². The Kier molecular flexibility index (Phi) is 10.6. The molecule has 3 rings (SSSR count). The van der Waals surface area contributed by atoms with E-state index in [4.69, 9.17) is 4.74 Å². The largest absolute Gasteiger partial charge is 0.468 e. The summed E-state index contributed by atoms with van der Waals surface area (Å²) in [6.07, 6.45) is 5.65. The molecule has 0 saturated carbocycles. The lowest BCUT2D eigenvalue weighted by atomic mass is 10.1. The van der Waals surface area contributed by atoms with E-state index in [0.29, 0.717) is 17.7 Å². The number of rotatable bonds is 11. The van der Waals surface area contributed by atoms with Crippen LogP contribution in [0.3, 0.4) is 0 Å².